The zero-order valence-electron chi connectivity index (χ0n) is 20.6. The van der Waals surface area contributed by atoms with Crippen LogP contribution < -0.4 is 5.32 Å². The predicted octanol–water partition coefficient (Wildman–Crippen LogP) is 4.75. The van der Waals surface area contributed by atoms with E-state index in [9.17, 15) is 26.7 Å². The molecule has 0 unspecified atom stereocenters. The highest BCUT2D eigenvalue weighted by atomic mass is 19.4. The van der Waals surface area contributed by atoms with Crippen molar-refractivity contribution in [1.29, 1.82) is 0 Å². The smallest absolute Gasteiger partial charge is 0.419 e. The highest BCUT2D eigenvalue weighted by molar-refractivity contribution is 5.89. The van der Waals surface area contributed by atoms with E-state index < -0.39 is 36.4 Å². The number of nitrogens with zero attached hydrogens (tertiary/aromatic N) is 7. The Morgan fingerprint density at radius 3 is 2.74 bits per heavy atom. The summed E-state index contributed by atoms with van der Waals surface area (Å²) in [5.74, 6) is -0.588. The molecule has 0 amide bonds. The Bertz CT molecular complexity index is 1480. The molecule has 1 saturated carbocycles. The van der Waals surface area contributed by atoms with Gasteiger partial charge in [-0.1, -0.05) is 0 Å². The maximum atomic E-state index is 13.7. The van der Waals surface area contributed by atoms with Gasteiger partial charge in [-0.15, -0.1) is 0 Å². The Morgan fingerprint density at radius 2 is 2.00 bits per heavy atom. The third kappa shape index (κ3) is 5.66. The molecule has 1 fully saturated rings. The van der Waals surface area contributed by atoms with Crippen molar-refractivity contribution in [1.82, 2.24) is 34.3 Å². The van der Waals surface area contributed by atoms with Crippen molar-refractivity contribution >= 4 is 23.1 Å². The van der Waals surface area contributed by atoms with Crippen LogP contribution in [0.1, 0.15) is 47.8 Å². The number of hydrogen-bond donors (Lipinski definition) is 1. The molecule has 0 aromatic carbocycles. The van der Waals surface area contributed by atoms with Gasteiger partial charge in [-0.05, 0) is 37.8 Å². The second-order valence-corrected chi connectivity index (χ2v) is 9.14. The molecule has 206 valence electrons. The van der Waals surface area contributed by atoms with Crippen molar-refractivity contribution in [3.05, 3.63) is 48.3 Å². The molecule has 39 heavy (non-hydrogen) atoms. The van der Waals surface area contributed by atoms with Crippen LogP contribution in [0.5, 0.6) is 0 Å². The average Bonchev–Trinajstić information content (AvgIpc) is 3.54. The summed E-state index contributed by atoms with van der Waals surface area (Å²) in [5.41, 5.74) is -0.304. The SMILES string of the molecule is COC(=O)c1ccc2ncn([C@H]3CCC[C@@H](Nc4ncc(C(F)(F)F)c(-c5cnn(CC(F)F)c5)n4)C3)c2n1. The van der Waals surface area contributed by atoms with Crippen molar-refractivity contribution in [3.63, 3.8) is 0 Å². The summed E-state index contributed by atoms with van der Waals surface area (Å²) in [6, 6.07) is 2.98. The molecule has 2 atom stereocenters. The summed E-state index contributed by atoms with van der Waals surface area (Å²) in [4.78, 5) is 28.7. The predicted molar refractivity (Wildman–Crippen MR) is 128 cm³/mol. The Morgan fingerprint density at radius 1 is 1.18 bits per heavy atom. The zero-order valence-corrected chi connectivity index (χ0v) is 20.6. The van der Waals surface area contributed by atoms with E-state index in [1.807, 2.05) is 4.57 Å². The number of halogens is 5. The summed E-state index contributed by atoms with van der Waals surface area (Å²) in [6.45, 7) is -0.750. The molecule has 4 aromatic heterocycles. The lowest BCUT2D eigenvalue weighted by Gasteiger charge is -2.30. The van der Waals surface area contributed by atoms with Gasteiger partial charge < -0.3 is 14.6 Å². The second kappa shape index (κ2) is 10.5. The van der Waals surface area contributed by atoms with Crippen LogP contribution >= 0.6 is 0 Å². The van der Waals surface area contributed by atoms with Crippen LogP contribution in [0.15, 0.2) is 37.1 Å². The third-order valence-corrected chi connectivity index (χ3v) is 6.51. The van der Waals surface area contributed by atoms with Crippen LogP contribution in [-0.4, -0.2) is 59.8 Å². The summed E-state index contributed by atoms with van der Waals surface area (Å²) < 4.78 is 74.0. The third-order valence-electron chi connectivity index (χ3n) is 6.51. The number of ether oxygens (including phenoxy) is 1. The number of nitrogens with one attached hydrogen (secondary N) is 1. The number of methoxy groups -OCH3 is 1. The maximum Gasteiger partial charge on any atom is 0.419 e. The summed E-state index contributed by atoms with van der Waals surface area (Å²) in [6.07, 6.45) is -0.0823. The Balaban J connectivity index is 1.39. The number of aromatic nitrogens is 7. The van der Waals surface area contributed by atoms with E-state index in [0.29, 0.717) is 23.8 Å². The largest absolute Gasteiger partial charge is 0.464 e. The fraction of sp³-hybridized carbons (Fsp3) is 0.417. The summed E-state index contributed by atoms with van der Waals surface area (Å²) >= 11 is 0. The number of esters is 1. The minimum absolute atomic E-state index is 0.0214. The van der Waals surface area contributed by atoms with Crippen LogP contribution in [0.25, 0.3) is 22.4 Å². The van der Waals surface area contributed by atoms with E-state index in [1.54, 1.807) is 12.4 Å². The van der Waals surface area contributed by atoms with E-state index in [0.717, 1.165) is 36.3 Å². The van der Waals surface area contributed by atoms with Gasteiger partial charge in [0.2, 0.25) is 5.95 Å². The highest BCUT2D eigenvalue weighted by Gasteiger charge is 2.36. The lowest BCUT2D eigenvalue weighted by molar-refractivity contribution is -0.137. The Kier molecular flexibility index (Phi) is 7.14. The van der Waals surface area contributed by atoms with Gasteiger partial charge >= 0.3 is 12.1 Å². The van der Waals surface area contributed by atoms with Crippen LogP contribution in [0.4, 0.5) is 27.9 Å². The van der Waals surface area contributed by atoms with Gasteiger partial charge in [0.05, 0.1) is 25.3 Å². The standard InChI is InChI=1S/C24H23F5N8O2/c1-39-22(38)18-6-5-17-21(34-18)37(12-31-17)15-4-2-3-14(7-15)33-23-30-9-16(24(27,28)29)20(35-23)13-8-32-36(10-13)11-19(25)26/h5-6,8-10,12,14-15,19H,2-4,7,11H2,1H3,(H,30,33,35)/t14-,15+/m1/s1. The molecule has 0 spiro atoms. The number of rotatable bonds is 7. The first-order chi connectivity index (χ1) is 18.6. The fourth-order valence-electron chi connectivity index (χ4n) is 4.73. The van der Waals surface area contributed by atoms with Crippen molar-refractivity contribution in [2.24, 2.45) is 0 Å². The van der Waals surface area contributed by atoms with Gasteiger partial charge in [-0.2, -0.15) is 18.3 Å². The van der Waals surface area contributed by atoms with Gasteiger partial charge in [0.1, 0.15) is 17.6 Å². The summed E-state index contributed by atoms with van der Waals surface area (Å²) in [7, 11) is 1.27. The van der Waals surface area contributed by atoms with Crippen LogP contribution in [0.3, 0.4) is 0 Å². The first kappa shape index (κ1) is 26.4. The quantitative estimate of drug-likeness (QED) is 0.259. The highest BCUT2D eigenvalue weighted by Crippen LogP contribution is 2.37. The first-order valence-electron chi connectivity index (χ1n) is 12.1. The molecule has 10 nitrogen and oxygen atoms in total. The van der Waals surface area contributed by atoms with Crippen LogP contribution in [0.2, 0.25) is 0 Å². The number of carbonyl (C=O) groups excluding carboxylic acids is 1. The number of imidazole rings is 1. The normalized spacial score (nSPS) is 18.0. The first-order valence-corrected chi connectivity index (χ1v) is 12.1. The maximum absolute atomic E-state index is 13.7. The van der Waals surface area contributed by atoms with Crippen LogP contribution in [0, 0.1) is 0 Å². The molecular weight excluding hydrogens is 527 g/mol. The lowest BCUT2D eigenvalue weighted by atomic mass is 9.91. The fourth-order valence-corrected chi connectivity index (χ4v) is 4.73. The minimum atomic E-state index is -4.76. The molecule has 15 heteroatoms. The lowest BCUT2D eigenvalue weighted by Crippen LogP contribution is -2.29. The van der Waals surface area contributed by atoms with Gasteiger partial charge in [-0.3, -0.25) is 4.68 Å². The monoisotopic (exact) mass is 550 g/mol. The van der Waals surface area contributed by atoms with E-state index in [1.165, 1.54) is 13.2 Å². The van der Waals surface area contributed by atoms with Gasteiger partial charge in [0.25, 0.3) is 6.43 Å². The second-order valence-electron chi connectivity index (χ2n) is 9.14. The molecule has 4 heterocycles. The molecule has 5 rings (SSSR count). The molecule has 0 bridgehead atoms. The van der Waals surface area contributed by atoms with Gasteiger partial charge in [0, 0.05) is 30.0 Å². The zero-order chi connectivity index (χ0) is 27.7. The molecule has 1 aliphatic rings. The molecule has 0 radical (unpaired) electrons. The van der Waals surface area contributed by atoms with Crippen molar-refractivity contribution in [2.45, 2.75) is 56.9 Å². The van der Waals surface area contributed by atoms with Crippen molar-refractivity contribution in [3.8, 4) is 11.3 Å². The molecule has 0 saturated heterocycles. The number of hydrogen-bond acceptors (Lipinski definition) is 8. The van der Waals surface area contributed by atoms with Crippen molar-refractivity contribution in [2.75, 3.05) is 12.4 Å². The van der Waals surface area contributed by atoms with Gasteiger partial charge in [0.15, 0.2) is 11.3 Å². The number of alkyl halides is 5. The topological polar surface area (TPSA) is 113 Å². The molecular formula is C24H23F5N8O2. The Labute approximate surface area is 218 Å². The van der Waals surface area contributed by atoms with E-state index in [4.69, 9.17) is 4.74 Å². The van der Waals surface area contributed by atoms with Crippen molar-refractivity contribution < 1.29 is 31.5 Å². The van der Waals surface area contributed by atoms with Gasteiger partial charge in [-0.25, -0.2) is 33.5 Å². The van der Waals surface area contributed by atoms with E-state index in [-0.39, 0.29) is 29.3 Å². The molecule has 1 N–H and O–H groups in total. The summed E-state index contributed by atoms with van der Waals surface area (Å²) in [5, 5.41) is 6.85. The average molecular weight is 550 g/mol. The minimum Gasteiger partial charge on any atom is -0.464 e. The van der Waals surface area contributed by atoms with E-state index >= 15 is 0 Å². The number of anilines is 1. The molecule has 1 aliphatic carbocycles. The van der Waals surface area contributed by atoms with E-state index in [2.05, 4.69) is 30.4 Å². The molecule has 4 aromatic rings. The number of fused-ring (bicyclic) bond motifs is 1. The molecule has 0 aliphatic heterocycles. The number of carbonyl (C=O) groups is 1. The van der Waals surface area contributed by atoms with Crippen LogP contribution in [-0.2, 0) is 17.5 Å². The number of pyridine rings is 1. The Hall–Kier alpha value is -4.17.